The molecule has 0 unspecified atom stereocenters. The standard InChI is InChI=1S/C20H27F2N5O3Si.C14H13F2N5O2.ClH/c1-13(28)10-23-18-15-11-24-27(12-29-7-4-8-31(2)3)19(15)26-20(25-18)30-17-6-5-14(21)9-16(17)22;1-7(22)5-17-12-9-6-18-21-13(9)20-14(19-12)23-11-3-2-8(15)4-10(11)16;/h5-6,9,11,13,28,31H,4,7-8,10,12H2,1-3H3,(H,23,25,26);2-4,6-7,22H,5H2,1H3,(H2,17,18,19,20,21);1H/t13-;7-;/m00./s1. The fraction of sp³-hybridized carbons (Fsp3) is 0.353. The van der Waals surface area contributed by atoms with Crippen molar-refractivity contribution in [2.75, 3.05) is 30.3 Å². The van der Waals surface area contributed by atoms with Gasteiger partial charge in [0.25, 0.3) is 0 Å². The maximum Gasteiger partial charge on any atom is 0.326 e. The number of aliphatic hydroxyl groups is 2. The number of nitrogens with one attached hydrogen (secondary N) is 3. The number of aromatic amines is 1. The number of hydrogen-bond acceptors (Lipinski definition) is 13. The van der Waals surface area contributed by atoms with Crippen molar-refractivity contribution in [2.24, 2.45) is 0 Å². The van der Waals surface area contributed by atoms with Crippen LogP contribution in [0, 0.1) is 23.3 Å². The minimum absolute atomic E-state index is 0. The lowest BCUT2D eigenvalue weighted by molar-refractivity contribution is 0.0718. The molecule has 0 bridgehead atoms. The second kappa shape index (κ2) is 20.0. The van der Waals surface area contributed by atoms with Crippen LogP contribution in [0.5, 0.6) is 23.5 Å². The van der Waals surface area contributed by atoms with Gasteiger partial charge in [-0.15, -0.1) is 12.4 Å². The maximum absolute atomic E-state index is 14.0. The average molecular weight is 809 g/mol. The molecule has 5 N–H and O–H groups in total. The number of aliphatic hydroxyl groups excluding tert-OH is 2. The number of H-pyrrole nitrogens is 1. The third-order valence-corrected chi connectivity index (χ3v) is 8.93. The van der Waals surface area contributed by atoms with Gasteiger partial charge in [0, 0.05) is 40.6 Å². The van der Waals surface area contributed by atoms with E-state index in [1.54, 1.807) is 24.7 Å². The lowest BCUT2D eigenvalue weighted by atomic mass is 10.3. The van der Waals surface area contributed by atoms with Gasteiger partial charge >= 0.3 is 12.0 Å². The molecule has 15 nitrogen and oxygen atoms in total. The van der Waals surface area contributed by atoms with Crippen molar-refractivity contribution in [2.45, 2.75) is 58.3 Å². The maximum atomic E-state index is 14.0. The van der Waals surface area contributed by atoms with Crippen molar-refractivity contribution < 1.29 is 42.0 Å². The molecule has 2 atom stereocenters. The number of fused-ring (bicyclic) bond motifs is 2. The van der Waals surface area contributed by atoms with Gasteiger partial charge in [-0.25, -0.2) is 22.2 Å². The number of hydrogen-bond donors (Lipinski definition) is 5. The number of rotatable bonds is 16. The van der Waals surface area contributed by atoms with Gasteiger partial charge < -0.3 is 35.1 Å². The normalized spacial score (nSPS) is 12.2. The van der Waals surface area contributed by atoms with E-state index in [-0.39, 0.29) is 55.7 Å². The highest BCUT2D eigenvalue weighted by atomic mass is 35.5. The van der Waals surface area contributed by atoms with Gasteiger partial charge in [-0.1, -0.05) is 19.1 Å². The molecule has 2 aromatic carbocycles. The van der Waals surface area contributed by atoms with Crippen molar-refractivity contribution in [1.82, 2.24) is 39.9 Å². The summed E-state index contributed by atoms with van der Waals surface area (Å²) in [6.45, 7) is 9.14. The van der Waals surface area contributed by atoms with Gasteiger partial charge in [0.2, 0.25) is 0 Å². The molecule has 4 aromatic heterocycles. The smallest absolute Gasteiger partial charge is 0.326 e. The zero-order valence-electron chi connectivity index (χ0n) is 30.3. The van der Waals surface area contributed by atoms with E-state index in [1.165, 1.54) is 18.3 Å². The SMILES string of the molecule is C[C@H](O)CNc1nc(Oc2ccc(F)cc2F)nc2[nH]ncc12.C[C@H](O)CNc1nc(Oc2ccc(F)cc2F)nc2c1cnn2COCCC[SiH](C)C.Cl. The molecule has 55 heavy (non-hydrogen) atoms. The zero-order chi connectivity index (χ0) is 38.8. The molecule has 0 aliphatic rings. The Balaban J connectivity index is 0.000000250. The number of benzene rings is 2. The summed E-state index contributed by atoms with van der Waals surface area (Å²) in [5, 5.41) is 36.9. The van der Waals surface area contributed by atoms with Crippen LogP contribution < -0.4 is 20.1 Å². The van der Waals surface area contributed by atoms with Crippen molar-refractivity contribution >= 4 is 54.9 Å². The summed E-state index contributed by atoms with van der Waals surface area (Å²) in [5.74, 6) is -2.81. The first-order valence-electron chi connectivity index (χ1n) is 17.0. The molecule has 4 heterocycles. The minimum atomic E-state index is -0.868. The van der Waals surface area contributed by atoms with Gasteiger partial charge in [0.05, 0.1) is 35.4 Å². The third-order valence-electron chi connectivity index (χ3n) is 7.37. The van der Waals surface area contributed by atoms with E-state index in [2.05, 4.69) is 59.0 Å². The van der Waals surface area contributed by atoms with Crippen LogP contribution in [0.1, 0.15) is 20.3 Å². The summed E-state index contributed by atoms with van der Waals surface area (Å²) in [5.41, 5.74) is 0.810. The Kier molecular flexibility index (Phi) is 15.5. The number of nitrogens with zero attached hydrogens (tertiary/aromatic N) is 7. The van der Waals surface area contributed by atoms with Gasteiger partial charge in [-0.3, -0.25) is 5.10 Å². The molecule has 0 fully saturated rings. The van der Waals surface area contributed by atoms with Crippen LogP contribution >= 0.6 is 12.4 Å². The van der Waals surface area contributed by atoms with E-state index in [1.807, 2.05) is 0 Å². The van der Waals surface area contributed by atoms with Crippen LogP contribution in [0.4, 0.5) is 29.2 Å². The highest BCUT2D eigenvalue weighted by Gasteiger charge is 2.17. The summed E-state index contributed by atoms with van der Waals surface area (Å²) >= 11 is 0. The number of halogens is 5. The average Bonchev–Trinajstić information content (AvgIpc) is 3.76. The molecule has 296 valence electrons. The molecule has 0 saturated heterocycles. The van der Waals surface area contributed by atoms with E-state index < -0.39 is 44.3 Å². The van der Waals surface area contributed by atoms with E-state index in [4.69, 9.17) is 14.2 Å². The summed E-state index contributed by atoms with van der Waals surface area (Å²) in [6.07, 6.45) is 2.89. The molecule has 0 aliphatic carbocycles. The summed E-state index contributed by atoms with van der Waals surface area (Å²) < 4.78 is 71.8. The Morgan fingerprint density at radius 3 is 1.91 bits per heavy atom. The molecule has 21 heteroatoms. The molecule has 0 aliphatic heterocycles. The minimum Gasteiger partial charge on any atom is -0.421 e. The van der Waals surface area contributed by atoms with E-state index >= 15 is 0 Å². The lowest BCUT2D eigenvalue weighted by Crippen LogP contribution is -2.16. The van der Waals surface area contributed by atoms with Gasteiger partial charge in [0.1, 0.15) is 30.0 Å². The van der Waals surface area contributed by atoms with E-state index in [9.17, 15) is 27.8 Å². The van der Waals surface area contributed by atoms with Crippen LogP contribution in [-0.4, -0.2) is 90.8 Å². The molecule has 0 saturated carbocycles. The Hall–Kier alpha value is -5.15. The Bertz CT molecular complexity index is 2160. The molecule has 6 rings (SSSR count). The Morgan fingerprint density at radius 1 is 0.800 bits per heavy atom. The predicted molar refractivity (Wildman–Crippen MR) is 202 cm³/mol. The third kappa shape index (κ3) is 12.2. The molecule has 0 radical (unpaired) electrons. The number of aromatic nitrogens is 8. The fourth-order valence-electron chi connectivity index (χ4n) is 4.75. The molecule has 0 spiro atoms. The molecule has 6 aromatic rings. The van der Waals surface area contributed by atoms with E-state index in [0.29, 0.717) is 46.4 Å². The monoisotopic (exact) mass is 808 g/mol. The highest BCUT2D eigenvalue weighted by molar-refractivity contribution is 6.55. The van der Waals surface area contributed by atoms with Crippen LogP contribution in [0.2, 0.25) is 19.1 Å². The fourth-order valence-corrected chi connectivity index (χ4v) is 5.73. The predicted octanol–water partition coefficient (Wildman–Crippen LogP) is 6.18. The molecular weight excluding hydrogens is 768 g/mol. The quantitative estimate of drug-likeness (QED) is 0.0424. The Labute approximate surface area is 320 Å². The molecular formula is C34H41ClF4N10O5Si. The number of anilines is 2. The zero-order valence-corrected chi connectivity index (χ0v) is 32.2. The molecule has 0 amide bonds. The summed E-state index contributed by atoms with van der Waals surface area (Å²) in [4.78, 5) is 16.8. The van der Waals surface area contributed by atoms with Crippen molar-refractivity contribution in [1.29, 1.82) is 0 Å². The number of ether oxygens (including phenoxy) is 3. The second-order valence-electron chi connectivity index (χ2n) is 12.6. The first-order valence-corrected chi connectivity index (χ1v) is 20.1. The largest absolute Gasteiger partial charge is 0.421 e. The van der Waals surface area contributed by atoms with Crippen molar-refractivity contribution in [3.8, 4) is 23.5 Å². The first-order chi connectivity index (χ1) is 25.9. The van der Waals surface area contributed by atoms with Crippen LogP contribution in [0.25, 0.3) is 22.1 Å². The van der Waals surface area contributed by atoms with Crippen LogP contribution in [0.3, 0.4) is 0 Å². The topological polar surface area (TPSA) is 190 Å². The first kappa shape index (κ1) is 42.6. The van der Waals surface area contributed by atoms with Crippen LogP contribution in [0.15, 0.2) is 48.8 Å². The van der Waals surface area contributed by atoms with Crippen LogP contribution in [-0.2, 0) is 11.5 Å². The van der Waals surface area contributed by atoms with Gasteiger partial charge in [-0.2, -0.15) is 30.1 Å². The van der Waals surface area contributed by atoms with Crippen molar-refractivity contribution in [3.05, 3.63) is 72.1 Å². The lowest BCUT2D eigenvalue weighted by Gasteiger charge is -2.12. The summed E-state index contributed by atoms with van der Waals surface area (Å²) in [6, 6.07) is 6.82. The van der Waals surface area contributed by atoms with Gasteiger partial charge in [-0.05, 0) is 44.5 Å². The van der Waals surface area contributed by atoms with Gasteiger partial charge in [0.15, 0.2) is 34.4 Å². The summed E-state index contributed by atoms with van der Waals surface area (Å²) in [7, 11) is -0.609. The highest BCUT2D eigenvalue weighted by Crippen LogP contribution is 2.29. The second-order valence-corrected chi connectivity index (χ2v) is 16.0. The van der Waals surface area contributed by atoms with E-state index in [0.717, 1.165) is 30.7 Å². The van der Waals surface area contributed by atoms with Crippen molar-refractivity contribution in [3.63, 3.8) is 0 Å². The Morgan fingerprint density at radius 2 is 1.36 bits per heavy atom.